The van der Waals surface area contributed by atoms with Crippen LogP contribution in [0.2, 0.25) is 14.8 Å². The zero-order valence-electron chi connectivity index (χ0n) is 10.4. The van der Waals surface area contributed by atoms with Crippen LogP contribution in [0.4, 0.5) is 0 Å². The van der Waals surface area contributed by atoms with Gasteiger partial charge in [0.15, 0.2) is 0 Å². The average molecular weight is 345 g/mol. The van der Waals surface area contributed by atoms with Crippen LogP contribution < -0.4 is 0 Å². The minimum absolute atomic E-state index is 0.420. The second-order valence-corrected chi connectivity index (χ2v) is 19.5. The van der Waals surface area contributed by atoms with E-state index in [0.717, 1.165) is 12.8 Å². The zero-order chi connectivity index (χ0) is 11.9. The van der Waals surface area contributed by atoms with E-state index in [1.165, 1.54) is 0 Å². The van der Waals surface area contributed by atoms with Gasteiger partial charge in [0.1, 0.15) is 0 Å². The van der Waals surface area contributed by atoms with Gasteiger partial charge in [0, 0.05) is 0 Å². The summed E-state index contributed by atoms with van der Waals surface area (Å²) in [5.41, 5.74) is 0. The first-order chi connectivity index (χ1) is 6.83. The number of phosphoric acid groups is 1. The monoisotopic (exact) mass is 346 g/mol. The van der Waals surface area contributed by atoms with Crippen LogP contribution in [0.3, 0.4) is 0 Å². The molecule has 15 heavy (non-hydrogen) atoms. The van der Waals surface area contributed by atoms with Crippen molar-refractivity contribution in [2.24, 2.45) is 0 Å². The predicted octanol–water partition coefficient (Wildman–Crippen LogP) is 3.80. The summed E-state index contributed by atoms with van der Waals surface area (Å²) < 4.78 is 28.1. The molecule has 0 saturated heterocycles. The molecular formula is C9H23O4PSn. The van der Waals surface area contributed by atoms with Gasteiger partial charge in [-0.2, -0.15) is 0 Å². The van der Waals surface area contributed by atoms with Crippen molar-refractivity contribution in [2.75, 3.05) is 13.2 Å². The minimum atomic E-state index is -3.28. The summed E-state index contributed by atoms with van der Waals surface area (Å²) in [5.74, 6) is 0. The van der Waals surface area contributed by atoms with Crippen molar-refractivity contribution in [1.29, 1.82) is 0 Å². The molecule has 0 heterocycles. The molecule has 0 spiro atoms. The molecule has 0 aliphatic rings. The number of rotatable bonds is 8. The van der Waals surface area contributed by atoms with Gasteiger partial charge in [-0.15, -0.1) is 0 Å². The van der Waals surface area contributed by atoms with Crippen molar-refractivity contribution in [3.05, 3.63) is 0 Å². The molecule has 0 bridgehead atoms. The molecule has 4 nitrogen and oxygen atoms in total. The second-order valence-electron chi connectivity index (χ2n) is 4.32. The van der Waals surface area contributed by atoms with Gasteiger partial charge in [-0.3, -0.25) is 0 Å². The van der Waals surface area contributed by atoms with Gasteiger partial charge in [0.05, 0.1) is 0 Å². The Balaban J connectivity index is 4.34. The molecule has 0 aromatic rings. The molecule has 0 aromatic carbocycles. The van der Waals surface area contributed by atoms with Crippen LogP contribution in [-0.2, 0) is 16.5 Å². The van der Waals surface area contributed by atoms with E-state index >= 15 is 0 Å². The van der Waals surface area contributed by atoms with Crippen LogP contribution in [0.15, 0.2) is 0 Å². The summed E-state index contributed by atoms with van der Waals surface area (Å²) >= 11 is -2.61. The fourth-order valence-corrected chi connectivity index (χ4v) is 9.14. The summed E-state index contributed by atoms with van der Waals surface area (Å²) in [4.78, 5) is 6.10. The third-order valence-electron chi connectivity index (χ3n) is 1.29. The summed E-state index contributed by atoms with van der Waals surface area (Å²) in [7, 11) is -3.28. The summed E-state index contributed by atoms with van der Waals surface area (Å²) in [6.45, 7) is 4.76. The topological polar surface area (TPSA) is 44.8 Å². The normalized spacial score (nSPS) is 13.1. The van der Waals surface area contributed by atoms with Gasteiger partial charge in [-0.05, 0) is 0 Å². The van der Waals surface area contributed by atoms with Crippen LogP contribution in [0.1, 0.15) is 26.7 Å². The zero-order valence-corrected chi connectivity index (χ0v) is 14.2. The quantitative estimate of drug-likeness (QED) is 0.496. The van der Waals surface area contributed by atoms with Gasteiger partial charge < -0.3 is 0 Å². The van der Waals surface area contributed by atoms with E-state index in [2.05, 4.69) is 0 Å². The van der Waals surface area contributed by atoms with E-state index in [1.54, 1.807) is 0 Å². The molecule has 0 fully saturated rings. The maximum absolute atomic E-state index is 12.1. The summed E-state index contributed by atoms with van der Waals surface area (Å²) in [6, 6.07) is 0. The first-order valence-corrected chi connectivity index (χ1v) is 16.6. The van der Waals surface area contributed by atoms with Crippen molar-refractivity contribution in [3.63, 3.8) is 0 Å². The molecule has 0 aliphatic carbocycles. The molecule has 0 rings (SSSR count). The Kier molecular flexibility index (Phi) is 7.72. The molecule has 0 saturated carbocycles. The van der Waals surface area contributed by atoms with Gasteiger partial charge >= 0.3 is 97.8 Å². The third-order valence-corrected chi connectivity index (χ3v) is 9.67. The molecule has 0 radical (unpaired) electrons. The van der Waals surface area contributed by atoms with Gasteiger partial charge in [0.2, 0.25) is 0 Å². The first kappa shape index (κ1) is 15.9. The Bertz CT molecular complexity index is 203. The van der Waals surface area contributed by atoms with Crippen molar-refractivity contribution in [2.45, 2.75) is 41.5 Å². The van der Waals surface area contributed by atoms with E-state index in [0.29, 0.717) is 13.2 Å². The van der Waals surface area contributed by atoms with E-state index in [9.17, 15) is 4.57 Å². The summed E-state index contributed by atoms with van der Waals surface area (Å²) in [6.07, 6.45) is 1.62. The summed E-state index contributed by atoms with van der Waals surface area (Å²) in [5, 5.41) is 0. The van der Waals surface area contributed by atoms with Crippen molar-refractivity contribution >= 4 is 26.6 Å². The van der Waals surface area contributed by atoms with Gasteiger partial charge in [-0.1, -0.05) is 0 Å². The third kappa shape index (κ3) is 8.69. The van der Waals surface area contributed by atoms with E-state index < -0.39 is 26.6 Å². The standard InChI is InChI=1S/C6H15O4P.3CH3.Sn/c1-3-5-9-11(7,8)10-6-4-2;;;;/h3-6H2,1-2H3,(H,7,8);3*1H3;/q;;;;+1/p-1. The molecule has 92 valence electrons. The average Bonchev–Trinajstić information content (AvgIpc) is 2.09. The second kappa shape index (κ2) is 7.28. The van der Waals surface area contributed by atoms with Crippen LogP contribution >= 0.6 is 7.82 Å². The van der Waals surface area contributed by atoms with Crippen LogP contribution in [-0.4, -0.2) is 32.0 Å². The Hall–Kier alpha value is 0.909. The number of phosphoric ester groups is 1. The molecule has 0 aromatic heterocycles. The Morgan fingerprint density at radius 1 is 1.00 bits per heavy atom. The van der Waals surface area contributed by atoms with E-state index in [-0.39, 0.29) is 0 Å². The molecule has 0 N–H and O–H groups in total. The molecular weight excluding hydrogens is 322 g/mol. The molecule has 0 atom stereocenters. The van der Waals surface area contributed by atoms with E-state index in [1.807, 2.05) is 28.7 Å². The van der Waals surface area contributed by atoms with Crippen LogP contribution in [0.25, 0.3) is 0 Å². The Morgan fingerprint density at radius 2 is 1.40 bits per heavy atom. The van der Waals surface area contributed by atoms with Gasteiger partial charge in [-0.25, -0.2) is 0 Å². The number of hydrogen-bond acceptors (Lipinski definition) is 4. The van der Waals surface area contributed by atoms with Crippen molar-refractivity contribution in [3.8, 4) is 0 Å². The Labute approximate surface area is 97.7 Å². The molecule has 0 amide bonds. The molecule has 0 unspecified atom stereocenters. The maximum atomic E-state index is 12.1. The van der Waals surface area contributed by atoms with E-state index in [4.69, 9.17) is 11.9 Å². The van der Waals surface area contributed by atoms with Crippen molar-refractivity contribution < 1.29 is 16.5 Å². The predicted molar refractivity (Wildman–Crippen MR) is 64.5 cm³/mol. The molecule has 0 aliphatic heterocycles. The Morgan fingerprint density at radius 3 is 1.67 bits per heavy atom. The van der Waals surface area contributed by atoms with Crippen LogP contribution in [0.5, 0.6) is 0 Å². The SMILES string of the molecule is CCCOP(=O)(OCCC)[O][Sn]([CH3])([CH3])[CH3]. The molecule has 6 heteroatoms. The van der Waals surface area contributed by atoms with Gasteiger partial charge in [0.25, 0.3) is 0 Å². The number of hydrogen-bond donors (Lipinski definition) is 0. The first-order valence-electron chi connectivity index (χ1n) is 5.43. The fourth-order valence-electron chi connectivity index (χ4n) is 0.832. The fraction of sp³-hybridized carbons (Fsp3) is 1.00. The van der Waals surface area contributed by atoms with Crippen LogP contribution in [0, 0.1) is 0 Å². The van der Waals surface area contributed by atoms with Crippen molar-refractivity contribution in [1.82, 2.24) is 0 Å².